The van der Waals surface area contributed by atoms with Gasteiger partial charge in [-0.05, 0) is 59.1 Å². The molecule has 12 nitrogen and oxygen atoms in total. The average Bonchev–Trinajstić information content (AvgIpc) is 3.48. The van der Waals surface area contributed by atoms with E-state index in [1.807, 2.05) is 61.6 Å². The topological polar surface area (TPSA) is 111 Å². The van der Waals surface area contributed by atoms with Gasteiger partial charge >= 0.3 is 11.9 Å². The van der Waals surface area contributed by atoms with E-state index in [9.17, 15) is 0 Å². The Labute approximate surface area is 241 Å². The van der Waals surface area contributed by atoms with Crippen molar-refractivity contribution >= 4 is 23.3 Å². The predicted octanol–water partition coefficient (Wildman–Crippen LogP) is 5.39. The lowest BCUT2D eigenvalue weighted by Crippen LogP contribution is -2.25. The second-order valence-corrected chi connectivity index (χ2v) is 9.99. The zero-order chi connectivity index (χ0) is 29.2. The summed E-state index contributed by atoms with van der Waals surface area (Å²) in [6.07, 6.45) is 11.1. The molecule has 0 atom stereocenters. The molecule has 0 aliphatic heterocycles. The number of rotatable bonds is 14. The number of aromatic nitrogens is 6. The molecule has 0 aliphatic rings. The number of hydrogen-bond donors (Lipinski definition) is 0. The zero-order valence-electron chi connectivity index (χ0n) is 24.9. The zero-order valence-corrected chi connectivity index (χ0v) is 24.9. The lowest BCUT2D eigenvalue weighted by atomic mass is 10.0. The van der Waals surface area contributed by atoms with E-state index in [1.165, 1.54) is 30.4 Å². The molecule has 0 spiro atoms. The van der Waals surface area contributed by atoms with Crippen LogP contribution in [0.15, 0.2) is 69.5 Å². The SMILES string of the molecule is COc1cc(N=Nc2n(C)nc[n+]2C)ccc1CCCCCCCc1ccc(N=Nc2n(C)nc[n+]2C)cc1OC. The maximum atomic E-state index is 5.64. The summed E-state index contributed by atoms with van der Waals surface area (Å²) in [6, 6.07) is 12.0. The molecule has 2 aromatic heterocycles. The fourth-order valence-electron chi connectivity index (χ4n) is 4.61. The van der Waals surface area contributed by atoms with E-state index in [0.717, 1.165) is 48.6 Å². The molecular formula is C29H40N10O2+2. The van der Waals surface area contributed by atoms with Crippen molar-refractivity contribution in [3.63, 3.8) is 0 Å². The molecule has 2 heterocycles. The minimum atomic E-state index is 0.668. The molecule has 12 heteroatoms. The van der Waals surface area contributed by atoms with Gasteiger partial charge in [0.15, 0.2) is 0 Å². The van der Waals surface area contributed by atoms with Crippen molar-refractivity contribution in [1.82, 2.24) is 19.6 Å². The van der Waals surface area contributed by atoms with Crippen molar-refractivity contribution in [2.24, 2.45) is 48.6 Å². The van der Waals surface area contributed by atoms with Crippen LogP contribution in [0.25, 0.3) is 0 Å². The molecule has 41 heavy (non-hydrogen) atoms. The normalized spacial score (nSPS) is 11.7. The molecule has 0 saturated heterocycles. The van der Waals surface area contributed by atoms with Gasteiger partial charge in [-0.15, -0.1) is 9.36 Å². The van der Waals surface area contributed by atoms with Gasteiger partial charge in [0.25, 0.3) is 0 Å². The molecule has 0 radical (unpaired) electrons. The standard InChI is InChI=1S/C29H40N10O2/c1-36-20-30-38(3)28(36)34-32-24-16-14-22(26(18-24)40-5)12-10-8-7-9-11-13-23-15-17-25(19-27(23)41-6)33-35-29-37(2)21-31-39(29)4/h14-21H,7-13H2,1-6H3/q+2. The summed E-state index contributed by atoms with van der Waals surface area (Å²) in [6.45, 7) is 0. The monoisotopic (exact) mass is 560 g/mol. The number of aryl methyl sites for hydroxylation is 6. The van der Waals surface area contributed by atoms with Crippen LogP contribution in [-0.2, 0) is 41.0 Å². The lowest BCUT2D eigenvalue weighted by molar-refractivity contribution is -0.659. The van der Waals surface area contributed by atoms with Crippen LogP contribution in [0.2, 0.25) is 0 Å². The Morgan fingerprint density at radius 3 is 1.41 bits per heavy atom. The van der Waals surface area contributed by atoms with Crippen LogP contribution in [0, 0.1) is 0 Å². The average molecular weight is 561 g/mol. The summed E-state index contributed by atoms with van der Waals surface area (Å²) in [5.41, 5.74) is 3.88. The molecule has 4 aromatic rings. The van der Waals surface area contributed by atoms with E-state index in [0.29, 0.717) is 11.9 Å². The van der Waals surface area contributed by atoms with Gasteiger partial charge in [-0.25, -0.2) is 9.13 Å². The van der Waals surface area contributed by atoms with E-state index in [2.05, 4.69) is 42.8 Å². The first-order valence-electron chi connectivity index (χ1n) is 13.8. The molecule has 0 bridgehead atoms. The highest BCUT2D eigenvalue weighted by atomic mass is 16.5. The van der Waals surface area contributed by atoms with Crippen LogP contribution in [0.1, 0.15) is 43.2 Å². The molecule has 0 N–H and O–H groups in total. The number of unbranched alkanes of at least 4 members (excludes halogenated alkanes) is 4. The third-order valence-electron chi connectivity index (χ3n) is 6.95. The lowest BCUT2D eigenvalue weighted by Gasteiger charge is -2.10. The maximum absolute atomic E-state index is 5.64. The molecule has 4 rings (SSSR count). The van der Waals surface area contributed by atoms with Crippen LogP contribution in [0.3, 0.4) is 0 Å². The summed E-state index contributed by atoms with van der Waals surface area (Å²) in [5.74, 6) is 3.03. The minimum Gasteiger partial charge on any atom is -0.496 e. The molecular weight excluding hydrogens is 520 g/mol. The molecule has 0 aliphatic carbocycles. The van der Waals surface area contributed by atoms with Crippen LogP contribution >= 0.6 is 0 Å². The minimum absolute atomic E-state index is 0.668. The molecule has 0 unspecified atom stereocenters. The number of ether oxygens (including phenoxy) is 2. The van der Waals surface area contributed by atoms with Crippen molar-refractivity contribution in [2.75, 3.05) is 14.2 Å². The van der Waals surface area contributed by atoms with Crippen LogP contribution < -0.4 is 18.6 Å². The Hall–Kier alpha value is -4.48. The van der Waals surface area contributed by atoms with Gasteiger partial charge in [-0.1, -0.05) is 41.6 Å². The predicted molar refractivity (Wildman–Crippen MR) is 154 cm³/mol. The first-order valence-corrected chi connectivity index (χ1v) is 13.8. The van der Waals surface area contributed by atoms with Crippen molar-refractivity contribution in [3.8, 4) is 11.5 Å². The first-order chi connectivity index (χ1) is 19.9. The molecule has 216 valence electrons. The number of nitrogens with zero attached hydrogens (tertiary/aromatic N) is 10. The van der Waals surface area contributed by atoms with Gasteiger partial charge in [0.1, 0.15) is 22.9 Å². The highest BCUT2D eigenvalue weighted by Gasteiger charge is 2.13. The van der Waals surface area contributed by atoms with Crippen molar-refractivity contribution in [2.45, 2.75) is 44.9 Å². The molecule has 0 amide bonds. The van der Waals surface area contributed by atoms with Crippen LogP contribution in [-0.4, -0.2) is 33.8 Å². The molecule has 0 saturated carbocycles. The Kier molecular flexibility index (Phi) is 10.2. The largest absolute Gasteiger partial charge is 0.496 e. The Morgan fingerprint density at radius 2 is 1.05 bits per heavy atom. The second-order valence-electron chi connectivity index (χ2n) is 9.99. The van der Waals surface area contributed by atoms with E-state index in [1.54, 1.807) is 36.2 Å². The summed E-state index contributed by atoms with van der Waals surface area (Å²) < 4.78 is 18.3. The van der Waals surface area contributed by atoms with Crippen molar-refractivity contribution < 1.29 is 18.6 Å². The van der Waals surface area contributed by atoms with Crippen molar-refractivity contribution in [3.05, 3.63) is 60.2 Å². The third kappa shape index (κ3) is 7.80. The number of methoxy groups -OCH3 is 2. The number of benzene rings is 2. The summed E-state index contributed by atoms with van der Waals surface area (Å²) in [7, 11) is 10.9. The fraction of sp³-hybridized carbons (Fsp3) is 0.448. The quantitative estimate of drug-likeness (QED) is 0.117. The van der Waals surface area contributed by atoms with Gasteiger partial charge in [0.2, 0.25) is 12.7 Å². The maximum Gasteiger partial charge on any atom is 0.403 e. The van der Waals surface area contributed by atoms with Crippen LogP contribution in [0.5, 0.6) is 11.5 Å². The smallest absolute Gasteiger partial charge is 0.403 e. The highest BCUT2D eigenvalue weighted by Crippen LogP contribution is 2.29. The molecule has 2 aromatic carbocycles. The van der Waals surface area contributed by atoms with Gasteiger partial charge in [-0.3, -0.25) is 0 Å². The summed E-state index contributed by atoms with van der Waals surface area (Å²) in [4.78, 5) is 0. The van der Waals surface area contributed by atoms with Crippen molar-refractivity contribution in [1.29, 1.82) is 0 Å². The Bertz CT molecular complexity index is 1350. The van der Waals surface area contributed by atoms with Gasteiger partial charge in [0, 0.05) is 22.4 Å². The number of hydrogen-bond acceptors (Lipinski definition) is 8. The molecule has 0 fully saturated rings. The second kappa shape index (κ2) is 14.2. The Morgan fingerprint density at radius 1 is 0.634 bits per heavy atom. The fourth-order valence-corrected chi connectivity index (χ4v) is 4.61. The van der Waals surface area contributed by atoms with E-state index < -0.39 is 0 Å². The highest BCUT2D eigenvalue weighted by molar-refractivity contribution is 5.48. The van der Waals surface area contributed by atoms with Gasteiger partial charge in [0.05, 0.1) is 42.4 Å². The van der Waals surface area contributed by atoms with E-state index >= 15 is 0 Å². The Balaban J connectivity index is 1.20. The van der Waals surface area contributed by atoms with Crippen LogP contribution in [0.4, 0.5) is 23.3 Å². The third-order valence-corrected chi connectivity index (χ3v) is 6.95. The van der Waals surface area contributed by atoms with E-state index in [4.69, 9.17) is 9.47 Å². The summed E-state index contributed by atoms with van der Waals surface area (Å²) in [5, 5.41) is 25.7. The van der Waals surface area contributed by atoms with Gasteiger partial charge < -0.3 is 9.47 Å². The van der Waals surface area contributed by atoms with E-state index in [-0.39, 0.29) is 0 Å². The number of azo groups is 2. The summed E-state index contributed by atoms with van der Waals surface area (Å²) >= 11 is 0. The van der Waals surface area contributed by atoms with Gasteiger partial charge in [-0.2, -0.15) is 0 Å². The first kappa shape index (κ1) is 29.5.